The highest BCUT2D eigenvalue weighted by Gasteiger charge is 2.12. The van der Waals surface area contributed by atoms with Crippen molar-refractivity contribution in [3.63, 3.8) is 0 Å². The van der Waals surface area contributed by atoms with Gasteiger partial charge in [-0.2, -0.15) is 0 Å². The third-order valence-electron chi connectivity index (χ3n) is 3.46. The van der Waals surface area contributed by atoms with E-state index in [0.717, 1.165) is 13.0 Å². The second-order valence-corrected chi connectivity index (χ2v) is 6.32. The highest BCUT2D eigenvalue weighted by molar-refractivity contribution is 5.85. The summed E-state index contributed by atoms with van der Waals surface area (Å²) in [6.45, 7) is 9.94. The Balaban J connectivity index is 2.11. The number of rotatable bonds is 4. The molecule has 0 spiro atoms. The lowest BCUT2D eigenvalue weighted by Crippen LogP contribution is -2.36. The van der Waals surface area contributed by atoms with Crippen LogP contribution < -0.4 is 5.32 Å². The molecule has 0 bridgehead atoms. The fourth-order valence-corrected chi connectivity index (χ4v) is 2.35. The molecule has 0 fully saturated rings. The molecule has 19 heavy (non-hydrogen) atoms. The third-order valence-corrected chi connectivity index (χ3v) is 3.46. The molecule has 0 aliphatic rings. The van der Waals surface area contributed by atoms with Crippen LogP contribution in [0.2, 0.25) is 0 Å². The quantitative estimate of drug-likeness (QED) is 0.890. The Morgan fingerprint density at radius 2 is 1.89 bits per heavy atom. The van der Waals surface area contributed by atoms with Crippen LogP contribution >= 0.6 is 0 Å². The van der Waals surface area contributed by atoms with E-state index in [1.807, 2.05) is 12.4 Å². The number of nitrogens with one attached hydrogen (secondary N) is 1. The Bertz CT molecular complexity index is 535. The van der Waals surface area contributed by atoms with Gasteiger partial charge in [0.2, 0.25) is 0 Å². The van der Waals surface area contributed by atoms with Gasteiger partial charge < -0.3 is 5.32 Å². The molecule has 0 amide bonds. The van der Waals surface area contributed by atoms with Gasteiger partial charge in [-0.3, -0.25) is 4.98 Å². The number of benzene rings is 1. The first-order chi connectivity index (χ1) is 8.97. The van der Waals surface area contributed by atoms with Gasteiger partial charge >= 0.3 is 0 Å². The average molecular weight is 256 g/mol. The van der Waals surface area contributed by atoms with E-state index >= 15 is 0 Å². The van der Waals surface area contributed by atoms with Crippen molar-refractivity contribution in [2.24, 2.45) is 0 Å². The largest absolute Gasteiger partial charge is 0.312 e. The predicted octanol–water partition coefficient (Wildman–Crippen LogP) is 4.12. The molecule has 0 aliphatic heterocycles. The number of pyridine rings is 1. The highest BCUT2D eigenvalue weighted by Crippen LogP contribution is 2.26. The molecule has 1 aromatic heterocycles. The summed E-state index contributed by atoms with van der Waals surface area (Å²) in [7, 11) is 0. The molecule has 2 rings (SSSR count). The van der Waals surface area contributed by atoms with Crippen molar-refractivity contribution in [1.29, 1.82) is 0 Å². The van der Waals surface area contributed by atoms with Gasteiger partial charge in [-0.05, 0) is 50.6 Å². The van der Waals surface area contributed by atoms with Gasteiger partial charge in [0.1, 0.15) is 0 Å². The molecule has 102 valence electrons. The van der Waals surface area contributed by atoms with Crippen LogP contribution in [0.3, 0.4) is 0 Å². The van der Waals surface area contributed by atoms with Crippen LogP contribution in [-0.4, -0.2) is 17.1 Å². The Hall–Kier alpha value is -1.41. The predicted molar refractivity (Wildman–Crippen MR) is 82.5 cm³/mol. The maximum Gasteiger partial charge on any atom is 0.0346 e. The first kappa shape index (κ1) is 14.0. The van der Waals surface area contributed by atoms with Crippen LogP contribution in [-0.2, 0) is 0 Å². The van der Waals surface area contributed by atoms with E-state index in [4.69, 9.17) is 0 Å². The highest BCUT2D eigenvalue weighted by atomic mass is 14.9. The van der Waals surface area contributed by atoms with Crippen LogP contribution in [0.1, 0.15) is 45.6 Å². The number of nitrogens with zero attached hydrogens (tertiary/aromatic N) is 1. The minimum Gasteiger partial charge on any atom is -0.312 e. The molecule has 1 N–H and O–H groups in total. The Labute approximate surface area is 116 Å². The van der Waals surface area contributed by atoms with Crippen LogP contribution in [0.25, 0.3) is 10.8 Å². The normalized spacial score (nSPS) is 13.7. The molecule has 1 aromatic carbocycles. The zero-order valence-corrected chi connectivity index (χ0v) is 12.4. The van der Waals surface area contributed by atoms with Gasteiger partial charge in [0.05, 0.1) is 0 Å². The molecule has 0 saturated heterocycles. The minimum atomic E-state index is 0.191. The topological polar surface area (TPSA) is 24.9 Å². The molecule has 2 aromatic rings. The van der Waals surface area contributed by atoms with E-state index < -0.39 is 0 Å². The fraction of sp³-hybridized carbons (Fsp3) is 0.471. The van der Waals surface area contributed by atoms with Gasteiger partial charge in [0.15, 0.2) is 0 Å². The zero-order valence-electron chi connectivity index (χ0n) is 12.4. The van der Waals surface area contributed by atoms with E-state index in [9.17, 15) is 0 Å². The van der Waals surface area contributed by atoms with Crippen molar-refractivity contribution in [3.05, 3.63) is 42.2 Å². The summed E-state index contributed by atoms with van der Waals surface area (Å²) in [5, 5.41) is 6.12. The standard InChI is InChI=1S/C17H24N2/c1-13(9-10-19-17(2,3)4)16-12-18-11-14-7-5-6-8-15(14)16/h5-8,11-13,19H,9-10H2,1-4H3. The first-order valence-corrected chi connectivity index (χ1v) is 7.05. The number of hydrogen-bond donors (Lipinski definition) is 1. The summed E-state index contributed by atoms with van der Waals surface area (Å²) >= 11 is 0. The minimum absolute atomic E-state index is 0.191. The van der Waals surface area contributed by atoms with Crippen molar-refractivity contribution >= 4 is 10.8 Å². The Morgan fingerprint density at radius 1 is 1.16 bits per heavy atom. The van der Waals surface area contributed by atoms with E-state index in [1.54, 1.807) is 0 Å². The van der Waals surface area contributed by atoms with Crippen LogP contribution in [0.5, 0.6) is 0 Å². The summed E-state index contributed by atoms with van der Waals surface area (Å²) in [4.78, 5) is 4.37. The summed E-state index contributed by atoms with van der Waals surface area (Å²) in [6, 6.07) is 8.50. The second-order valence-electron chi connectivity index (χ2n) is 6.32. The average Bonchev–Trinajstić information content (AvgIpc) is 2.36. The molecule has 0 radical (unpaired) electrons. The first-order valence-electron chi connectivity index (χ1n) is 7.05. The smallest absolute Gasteiger partial charge is 0.0346 e. The lowest BCUT2D eigenvalue weighted by Gasteiger charge is -2.22. The van der Waals surface area contributed by atoms with Crippen LogP contribution in [0, 0.1) is 0 Å². The fourth-order valence-electron chi connectivity index (χ4n) is 2.35. The molecule has 1 heterocycles. The third kappa shape index (κ3) is 3.77. The van der Waals surface area contributed by atoms with E-state index in [0.29, 0.717) is 5.92 Å². The van der Waals surface area contributed by atoms with Gasteiger partial charge in [0, 0.05) is 23.3 Å². The van der Waals surface area contributed by atoms with Gasteiger partial charge in [-0.25, -0.2) is 0 Å². The van der Waals surface area contributed by atoms with Crippen molar-refractivity contribution in [1.82, 2.24) is 10.3 Å². The summed E-state index contributed by atoms with van der Waals surface area (Å²) in [5.41, 5.74) is 1.55. The second kappa shape index (κ2) is 5.70. The summed E-state index contributed by atoms with van der Waals surface area (Å²) in [6.07, 6.45) is 5.09. The van der Waals surface area contributed by atoms with Crippen LogP contribution in [0.15, 0.2) is 36.7 Å². The Kier molecular flexibility index (Phi) is 4.20. The Morgan fingerprint density at radius 3 is 2.63 bits per heavy atom. The van der Waals surface area contributed by atoms with Crippen molar-refractivity contribution in [2.75, 3.05) is 6.54 Å². The molecular formula is C17H24N2. The zero-order chi connectivity index (χ0) is 13.9. The summed E-state index contributed by atoms with van der Waals surface area (Å²) in [5.74, 6) is 0.522. The molecule has 2 heteroatoms. The number of hydrogen-bond acceptors (Lipinski definition) is 2. The molecule has 1 unspecified atom stereocenters. The SMILES string of the molecule is CC(CCNC(C)(C)C)c1cncc2ccccc12. The van der Waals surface area contributed by atoms with Crippen molar-refractivity contribution < 1.29 is 0 Å². The van der Waals surface area contributed by atoms with Gasteiger partial charge in [-0.15, -0.1) is 0 Å². The van der Waals surface area contributed by atoms with Gasteiger partial charge in [-0.1, -0.05) is 31.2 Å². The van der Waals surface area contributed by atoms with E-state index in [-0.39, 0.29) is 5.54 Å². The molecule has 2 nitrogen and oxygen atoms in total. The van der Waals surface area contributed by atoms with Crippen molar-refractivity contribution in [2.45, 2.75) is 45.6 Å². The lowest BCUT2D eigenvalue weighted by atomic mass is 9.94. The molecule has 0 aliphatic carbocycles. The number of fused-ring (bicyclic) bond motifs is 1. The van der Waals surface area contributed by atoms with Crippen molar-refractivity contribution in [3.8, 4) is 0 Å². The summed E-state index contributed by atoms with van der Waals surface area (Å²) < 4.78 is 0. The monoisotopic (exact) mass is 256 g/mol. The molecular weight excluding hydrogens is 232 g/mol. The maximum atomic E-state index is 4.37. The molecule has 1 atom stereocenters. The van der Waals surface area contributed by atoms with E-state index in [2.05, 4.69) is 62.3 Å². The lowest BCUT2D eigenvalue weighted by molar-refractivity contribution is 0.414. The van der Waals surface area contributed by atoms with Gasteiger partial charge in [0.25, 0.3) is 0 Å². The van der Waals surface area contributed by atoms with E-state index in [1.165, 1.54) is 16.3 Å². The maximum absolute atomic E-state index is 4.37. The molecule has 0 saturated carbocycles. The van der Waals surface area contributed by atoms with Crippen LogP contribution in [0.4, 0.5) is 0 Å². The number of aromatic nitrogens is 1.